The summed E-state index contributed by atoms with van der Waals surface area (Å²) in [6.07, 6.45) is 8.27. The number of hydrogen-bond donors (Lipinski definition) is 1. The molecule has 2 saturated carbocycles. The predicted molar refractivity (Wildman–Crippen MR) is 49.9 cm³/mol. The largest absolute Gasteiger partial charge is 0.393 e. The van der Waals surface area contributed by atoms with Crippen LogP contribution in [-0.2, 0) is 0 Å². The van der Waals surface area contributed by atoms with Crippen LogP contribution in [0.4, 0.5) is 0 Å². The molecule has 0 aromatic rings. The molecule has 0 amide bonds. The molecule has 2 aliphatic rings. The summed E-state index contributed by atoms with van der Waals surface area (Å²) in [5.74, 6) is 2.12. The highest BCUT2D eigenvalue weighted by Crippen LogP contribution is 2.47. The molecule has 4 unspecified atom stereocenters. The number of aliphatic hydroxyl groups excluding tert-OH is 1. The lowest BCUT2D eigenvalue weighted by atomic mass is 9.59. The maximum atomic E-state index is 9.73. The quantitative estimate of drug-likeness (QED) is 0.589. The molecule has 2 fully saturated rings. The van der Waals surface area contributed by atoms with E-state index in [1.807, 2.05) is 0 Å². The van der Waals surface area contributed by atoms with Crippen molar-refractivity contribution >= 4 is 0 Å². The first-order valence-corrected chi connectivity index (χ1v) is 5.49. The maximum absolute atomic E-state index is 9.73. The molecule has 2 rings (SSSR count). The van der Waals surface area contributed by atoms with E-state index in [-0.39, 0.29) is 6.10 Å². The Hall–Kier alpha value is -0.0400. The standard InChI is InChI=1S/C11H20O/c1-8-9-6-4-2-3-5-7-10(9)11(8)12/h8-12H,2-7H2,1H3. The second-order valence-electron chi connectivity index (χ2n) is 4.67. The van der Waals surface area contributed by atoms with Gasteiger partial charge in [-0.05, 0) is 30.6 Å². The van der Waals surface area contributed by atoms with E-state index >= 15 is 0 Å². The van der Waals surface area contributed by atoms with Crippen molar-refractivity contribution in [3.05, 3.63) is 0 Å². The molecule has 0 aromatic heterocycles. The van der Waals surface area contributed by atoms with Gasteiger partial charge in [0, 0.05) is 0 Å². The Bertz CT molecular complexity index is 137. The normalized spacial score (nSPS) is 48.5. The van der Waals surface area contributed by atoms with Crippen LogP contribution in [-0.4, -0.2) is 11.2 Å². The molecule has 2 aliphatic carbocycles. The molecule has 70 valence electrons. The summed E-state index contributed by atoms with van der Waals surface area (Å²) in [6, 6.07) is 0. The zero-order valence-corrected chi connectivity index (χ0v) is 8.00. The van der Waals surface area contributed by atoms with Gasteiger partial charge in [-0.2, -0.15) is 0 Å². The lowest BCUT2D eigenvalue weighted by molar-refractivity contribution is -0.103. The van der Waals surface area contributed by atoms with Crippen molar-refractivity contribution in [1.82, 2.24) is 0 Å². The Kier molecular flexibility index (Phi) is 2.40. The highest BCUT2D eigenvalue weighted by atomic mass is 16.3. The lowest BCUT2D eigenvalue weighted by Gasteiger charge is -2.49. The van der Waals surface area contributed by atoms with E-state index < -0.39 is 0 Å². The fourth-order valence-electron chi connectivity index (χ4n) is 3.12. The second kappa shape index (κ2) is 3.37. The van der Waals surface area contributed by atoms with Crippen molar-refractivity contribution in [2.45, 2.75) is 51.6 Å². The molecule has 12 heavy (non-hydrogen) atoms. The van der Waals surface area contributed by atoms with Crippen LogP contribution >= 0.6 is 0 Å². The number of fused-ring (bicyclic) bond motifs is 1. The molecule has 0 bridgehead atoms. The fourth-order valence-corrected chi connectivity index (χ4v) is 3.12. The van der Waals surface area contributed by atoms with Gasteiger partial charge in [0.15, 0.2) is 0 Å². The van der Waals surface area contributed by atoms with Crippen LogP contribution in [0.25, 0.3) is 0 Å². The smallest absolute Gasteiger partial charge is 0.0599 e. The van der Waals surface area contributed by atoms with Gasteiger partial charge in [0.1, 0.15) is 0 Å². The number of aliphatic hydroxyl groups is 1. The minimum absolute atomic E-state index is 0.0353. The van der Waals surface area contributed by atoms with Gasteiger partial charge in [-0.3, -0.25) is 0 Å². The molecule has 1 heteroatoms. The molecule has 4 atom stereocenters. The van der Waals surface area contributed by atoms with Gasteiger partial charge in [0.2, 0.25) is 0 Å². The topological polar surface area (TPSA) is 20.2 Å². The minimum Gasteiger partial charge on any atom is -0.393 e. The van der Waals surface area contributed by atoms with Gasteiger partial charge in [-0.15, -0.1) is 0 Å². The molecule has 0 spiro atoms. The maximum Gasteiger partial charge on any atom is 0.0599 e. The fraction of sp³-hybridized carbons (Fsp3) is 1.00. The van der Waals surface area contributed by atoms with Gasteiger partial charge in [-0.25, -0.2) is 0 Å². The van der Waals surface area contributed by atoms with Crippen LogP contribution in [0.1, 0.15) is 45.4 Å². The van der Waals surface area contributed by atoms with Gasteiger partial charge >= 0.3 is 0 Å². The molecule has 0 aromatic carbocycles. The number of hydrogen-bond acceptors (Lipinski definition) is 1. The summed E-state index contributed by atoms with van der Waals surface area (Å²) in [6.45, 7) is 2.22. The van der Waals surface area contributed by atoms with Gasteiger partial charge in [-0.1, -0.05) is 32.6 Å². The van der Waals surface area contributed by atoms with Crippen LogP contribution in [0.3, 0.4) is 0 Å². The van der Waals surface area contributed by atoms with E-state index in [2.05, 4.69) is 6.92 Å². The SMILES string of the molecule is CC1C(O)C2CCCCCCC12. The van der Waals surface area contributed by atoms with Crippen LogP contribution in [0.5, 0.6) is 0 Å². The summed E-state index contributed by atoms with van der Waals surface area (Å²) in [5.41, 5.74) is 0. The monoisotopic (exact) mass is 168 g/mol. The molecular formula is C11H20O. The zero-order chi connectivity index (χ0) is 8.55. The van der Waals surface area contributed by atoms with Crippen LogP contribution < -0.4 is 0 Å². The third-order valence-corrected chi connectivity index (χ3v) is 4.03. The van der Waals surface area contributed by atoms with Crippen molar-refractivity contribution in [3.63, 3.8) is 0 Å². The van der Waals surface area contributed by atoms with Crippen molar-refractivity contribution in [2.75, 3.05) is 0 Å². The minimum atomic E-state index is 0.0353. The van der Waals surface area contributed by atoms with Crippen molar-refractivity contribution in [3.8, 4) is 0 Å². The summed E-state index contributed by atoms with van der Waals surface area (Å²) in [5, 5.41) is 9.73. The molecule has 0 saturated heterocycles. The van der Waals surface area contributed by atoms with E-state index in [0.717, 1.165) is 5.92 Å². The Balaban J connectivity index is 1.93. The third kappa shape index (κ3) is 1.28. The molecule has 0 radical (unpaired) electrons. The summed E-state index contributed by atoms with van der Waals surface area (Å²) in [7, 11) is 0. The highest BCUT2D eigenvalue weighted by molar-refractivity contribution is 4.95. The van der Waals surface area contributed by atoms with E-state index in [4.69, 9.17) is 0 Å². The average molecular weight is 168 g/mol. The summed E-state index contributed by atoms with van der Waals surface area (Å²) < 4.78 is 0. The first-order valence-electron chi connectivity index (χ1n) is 5.49. The molecular weight excluding hydrogens is 148 g/mol. The zero-order valence-electron chi connectivity index (χ0n) is 8.00. The Morgan fingerprint density at radius 1 is 0.917 bits per heavy atom. The molecule has 0 heterocycles. The van der Waals surface area contributed by atoms with Crippen molar-refractivity contribution in [1.29, 1.82) is 0 Å². The Morgan fingerprint density at radius 2 is 1.50 bits per heavy atom. The van der Waals surface area contributed by atoms with Crippen molar-refractivity contribution < 1.29 is 5.11 Å². The predicted octanol–water partition coefficient (Wildman–Crippen LogP) is 2.58. The second-order valence-corrected chi connectivity index (χ2v) is 4.67. The number of rotatable bonds is 0. The third-order valence-electron chi connectivity index (χ3n) is 4.03. The molecule has 1 N–H and O–H groups in total. The molecule has 0 aliphatic heterocycles. The average Bonchev–Trinajstić information content (AvgIpc) is 2.04. The van der Waals surface area contributed by atoms with E-state index in [0.29, 0.717) is 11.8 Å². The first-order chi connectivity index (χ1) is 5.80. The Morgan fingerprint density at radius 3 is 2.17 bits per heavy atom. The Labute approximate surface area is 75.2 Å². The lowest BCUT2D eigenvalue weighted by Crippen LogP contribution is -2.49. The summed E-state index contributed by atoms with van der Waals surface area (Å²) in [4.78, 5) is 0. The highest BCUT2D eigenvalue weighted by Gasteiger charge is 2.45. The van der Waals surface area contributed by atoms with Gasteiger partial charge in [0.05, 0.1) is 6.10 Å². The van der Waals surface area contributed by atoms with Gasteiger partial charge in [0.25, 0.3) is 0 Å². The van der Waals surface area contributed by atoms with E-state index in [9.17, 15) is 5.11 Å². The summed E-state index contributed by atoms with van der Waals surface area (Å²) >= 11 is 0. The van der Waals surface area contributed by atoms with Crippen LogP contribution in [0.15, 0.2) is 0 Å². The van der Waals surface area contributed by atoms with Crippen LogP contribution in [0.2, 0.25) is 0 Å². The van der Waals surface area contributed by atoms with E-state index in [1.54, 1.807) is 0 Å². The van der Waals surface area contributed by atoms with E-state index in [1.165, 1.54) is 38.5 Å². The van der Waals surface area contributed by atoms with Crippen LogP contribution in [0, 0.1) is 17.8 Å². The van der Waals surface area contributed by atoms with Crippen molar-refractivity contribution in [2.24, 2.45) is 17.8 Å². The van der Waals surface area contributed by atoms with Gasteiger partial charge < -0.3 is 5.11 Å². The molecule has 1 nitrogen and oxygen atoms in total. The first kappa shape index (κ1) is 8.55.